The molecule has 4 aliphatic rings. The topological polar surface area (TPSA) is 178 Å². The molecule has 6 heterocycles. The number of anilines is 3. The van der Waals surface area contributed by atoms with E-state index in [0.717, 1.165) is 119 Å². The second-order valence-corrected chi connectivity index (χ2v) is 21.4. The summed E-state index contributed by atoms with van der Waals surface area (Å²) >= 11 is 1.44. The van der Waals surface area contributed by atoms with Crippen LogP contribution in [0.5, 0.6) is 5.75 Å². The van der Waals surface area contributed by atoms with Crippen molar-refractivity contribution in [2.45, 2.75) is 102 Å². The predicted octanol–water partition coefficient (Wildman–Crippen LogP) is 9.31. The average Bonchev–Trinajstić information content (AvgIpc) is 3.98. The van der Waals surface area contributed by atoms with Crippen molar-refractivity contribution in [2.24, 2.45) is 13.0 Å². The minimum atomic E-state index is -1.10. The molecule has 3 aliphatic heterocycles. The van der Waals surface area contributed by atoms with Gasteiger partial charge in [-0.15, -0.1) is 0 Å². The highest BCUT2D eigenvalue weighted by Crippen LogP contribution is 2.39. The summed E-state index contributed by atoms with van der Waals surface area (Å²) in [5.74, 6) is 0.129. The summed E-state index contributed by atoms with van der Waals surface area (Å²) in [6.07, 6.45) is 7.65. The van der Waals surface area contributed by atoms with Crippen molar-refractivity contribution in [3.8, 4) is 16.9 Å². The zero-order valence-corrected chi connectivity index (χ0v) is 42.5. The molecule has 7 aromatic rings. The number of hydrogen-bond donors (Lipinski definition) is 4. The fraction of sp³-hybridized carbons (Fsp3) is 0.404. The molecule has 0 spiro atoms. The van der Waals surface area contributed by atoms with Crippen LogP contribution in [-0.2, 0) is 24.8 Å². The third-order valence-corrected chi connectivity index (χ3v) is 16.9. The van der Waals surface area contributed by atoms with E-state index in [2.05, 4.69) is 61.5 Å². The van der Waals surface area contributed by atoms with Crippen molar-refractivity contribution in [3.63, 3.8) is 0 Å². The Bertz CT molecular complexity index is 3180. The number of hydrogen-bond acceptors (Lipinski definition) is 12. The Morgan fingerprint density at radius 1 is 0.863 bits per heavy atom. The van der Waals surface area contributed by atoms with Gasteiger partial charge in [0.1, 0.15) is 17.8 Å². The van der Waals surface area contributed by atoms with Crippen LogP contribution in [0.15, 0.2) is 91.0 Å². The molecule has 4 N–H and O–H groups in total. The number of carboxylic acids is 1. The Kier molecular flexibility index (Phi) is 13.6. The molecule has 4 aromatic carbocycles. The van der Waals surface area contributed by atoms with Crippen molar-refractivity contribution >= 4 is 66.9 Å². The van der Waals surface area contributed by atoms with Gasteiger partial charge in [-0.05, 0) is 142 Å². The summed E-state index contributed by atoms with van der Waals surface area (Å²) in [5.41, 5.74) is 8.59. The molecular formula is C57H63N9O6S. The number of para-hydroxylation sites is 2. The lowest BCUT2D eigenvalue weighted by Crippen LogP contribution is -2.49. The van der Waals surface area contributed by atoms with E-state index < -0.39 is 12.2 Å². The van der Waals surface area contributed by atoms with Crippen LogP contribution in [0, 0.1) is 12.8 Å². The monoisotopic (exact) mass is 1000 g/mol. The number of amides is 2. The smallest absolute Gasteiger partial charge is 0.355 e. The third kappa shape index (κ3) is 9.87. The zero-order valence-electron chi connectivity index (χ0n) is 41.7. The maximum Gasteiger partial charge on any atom is 0.355 e. The van der Waals surface area contributed by atoms with E-state index in [1.807, 2.05) is 85.4 Å². The summed E-state index contributed by atoms with van der Waals surface area (Å²) in [6.45, 7) is 9.24. The van der Waals surface area contributed by atoms with Gasteiger partial charge in [0.05, 0.1) is 39.1 Å². The maximum atomic E-state index is 13.7. The molecule has 3 fully saturated rings. The summed E-state index contributed by atoms with van der Waals surface area (Å²) in [5, 5.41) is 32.6. The van der Waals surface area contributed by atoms with E-state index in [-0.39, 0.29) is 29.5 Å². The molecular weight excluding hydrogens is 939 g/mol. The van der Waals surface area contributed by atoms with Crippen molar-refractivity contribution in [1.29, 1.82) is 0 Å². The molecule has 1 saturated carbocycles. The van der Waals surface area contributed by atoms with E-state index in [9.17, 15) is 24.6 Å². The molecule has 16 heteroatoms. The first-order valence-electron chi connectivity index (χ1n) is 25.9. The standard InChI is InChI=1S/C57H63N9O6S/c1-34(64-29-31-65(32-30-64)46-14-7-12-42-51(62-63(3)53(42)46)43-24-26-50(67)60-55(43)69)17-18-36-19-21-38(22-20-36)72-47-15-8-10-39(35(47)2)40-23-25-49(59-52(40)56(70)71)66-28-27-37-9-6-11-41(44(37)33-66)54(68)61-57-58-45-13-4-5-16-48(45)73-57/h4-16,23,25,34,36,38,43,50,67H,17-22,24,26-33H2,1-3H3,(H,60,69)(H,70,71)(H,58,61,68)/t34-,36?,38?,43?,50?/m0/s1. The maximum absolute atomic E-state index is 13.7. The first kappa shape index (κ1) is 48.4. The van der Waals surface area contributed by atoms with Crippen molar-refractivity contribution in [2.75, 3.05) is 47.8 Å². The quantitative estimate of drug-likeness (QED) is 0.0862. The van der Waals surface area contributed by atoms with E-state index in [4.69, 9.17) is 14.8 Å². The number of fused-ring (bicyclic) bond motifs is 3. The SMILES string of the molecule is Cc1c(OC2CCC(CC[C@H](C)N3CCN(c4cccc5c(C6CCC(O)NC6=O)nn(C)c45)CC3)CC2)cccc1-c1ccc(N2CCc3cccc(C(=O)Nc4nc5ccccc5s4)c3C2)nc1C(=O)O. The fourth-order valence-electron chi connectivity index (χ4n) is 11.8. The number of piperazine rings is 1. The van der Waals surface area contributed by atoms with Crippen molar-refractivity contribution in [3.05, 3.63) is 125 Å². The van der Waals surface area contributed by atoms with Crippen LogP contribution in [0.25, 0.3) is 32.2 Å². The molecule has 0 bridgehead atoms. The van der Waals surface area contributed by atoms with Crippen LogP contribution in [0.4, 0.5) is 16.6 Å². The molecule has 0 radical (unpaired) electrons. The molecule has 73 heavy (non-hydrogen) atoms. The average molecular weight is 1000 g/mol. The zero-order chi connectivity index (χ0) is 50.3. The Balaban J connectivity index is 0.680. The first-order chi connectivity index (χ1) is 35.4. The summed E-state index contributed by atoms with van der Waals surface area (Å²) < 4.78 is 9.64. The highest BCUT2D eigenvalue weighted by atomic mass is 32.1. The van der Waals surface area contributed by atoms with Gasteiger partial charge in [-0.25, -0.2) is 14.8 Å². The Morgan fingerprint density at radius 2 is 1.66 bits per heavy atom. The second kappa shape index (κ2) is 20.6. The normalized spacial score (nSPS) is 21.0. The van der Waals surface area contributed by atoms with Gasteiger partial charge in [-0.1, -0.05) is 59.9 Å². The van der Waals surface area contributed by atoms with E-state index in [0.29, 0.717) is 66.4 Å². The van der Waals surface area contributed by atoms with Gasteiger partial charge in [0.2, 0.25) is 5.91 Å². The van der Waals surface area contributed by atoms with E-state index in [1.54, 1.807) is 0 Å². The summed E-state index contributed by atoms with van der Waals surface area (Å²) in [6, 6.07) is 30.0. The number of benzene rings is 4. The van der Waals surface area contributed by atoms with Crippen molar-refractivity contribution < 1.29 is 29.3 Å². The molecule has 3 aromatic heterocycles. The second-order valence-electron chi connectivity index (χ2n) is 20.4. The van der Waals surface area contributed by atoms with Crippen LogP contribution < -0.4 is 25.2 Å². The number of ether oxygens (including phenoxy) is 1. The number of thiazole rings is 1. The number of aryl methyl sites for hydroxylation is 1. The van der Waals surface area contributed by atoms with Crippen LogP contribution in [0.3, 0.4) is 0 Å². The predicted molar refractivity (Wildman–Crippen MR) is 286 cm³/mol. The first-order valence-corrected chi connectivity index (χ1v) is 26.7. The van der Waals surface area contributed by atoms with Gasteiger partial charge < -0.3 is 30.1 Å². The number of carbonyl (C=O) groups is 3. The summed E-state index contributed by atoms with van der Waals surface area (Å²) in [7, 11) is 1.96. The lowest BCUT2D eigenvalue weighted by atomic mass is 9.83. The number of aromatic carboxylic acids is 1. The molecule has 3 atom stereocenters. The van der Waals surface area contributed by atoms with Gasteiger partial charge in [0.25, 0.3) is 5.91 Å². The van der Waals surface area contributed by atoms with Gasteiger partial charge >= 0.3 is 5.97 Å². The number of aliphatic hydroxyl groups is 1. The Hall–Kier alpha value is -6.88. The summed E-state index contributed by atoms with van der Waals surface area (Å²) in [4.78, 5) is 55.9. The number of carboxylic acid groups (broad SMARTS) is 1. The van der Waals surface area contributed by atoms with E-state index >= 15 is 0 Å². The Labute approximate surface area is 429 Å². The third-order valence-electron chi connectivity index (χ3n) is 15.9. The minimum absolute atomic E-state index is 0.0198. The lowest BCUT2D eigenvalue weighted by Gasteiger charge is -2.40. The highest BCUT2D eigenvalue weighted by molar-refractivity contribution is 7.22. The fourth-order valence-corrected chi connectivity index (χ4v) is 12.7. The largest absolute Gasteiger partial charge is 0.490 e. The van der Waals surface area contributed by atoms with Crippen LogP contribution in [0.2, 0.25) is 0 Å². The Morgan fingerprint density at radius 3 is 2.45 bits per heavy atom. The molecule has 378 valence electrons. The van der Waals surface area contributed by atoms with Gasteiger partial charge in [-0.2, -0.15) is 5.10 Å². The number of pyridine rings is 1. The number of nitrogens with one attached hydrogen (secondary N) is 2. The van der Waals surface area contributed by atoms with Gasteiger partial charge in [0, 0.05) is 68.9 Å². The van der Waals surface area contributed by atoms with Gasteiger partial charge in [-0.3, -0.25) is 24.5 Å². The number of piperidine rings is 1. The minimum Gasteiger partial charge on any atom is -0.490 e. The number of aliphatic hydroxyl groups excluding tert-OH is 1. The number of aromatic nitrogens is 4. The number of rotatable bonds is 13. The molecule has 2 unspecified atom stereocenters. The van der Waals surface area contributed by atoms with Crippen LogP contribution >= 0.6 is 11.3 Å². The number of carbonyl (C=O) groups excluding carboxylic acids is 2. The highest BCUT2D eigenvalue weighted by Gasteiger charge is 2.34. The van der Waals surface area contributed by atoms with Crippen molar-refractivity contribution in [1.82, 2.24) is 30.0 Å². The van der Waals surface area contributed by atoms with Crippen LogP contribution in [-0.4, -0.2) is 104 Å². The molecule has 15 nitrogen and oxygen atoms in total. The van der Waals surface area contributed by atoms with Gasteiger partial charge in [0.15, 0.2) is 10.8 Å². The lowest BCUT2D eigenvalue weighted by molar-refractivity contribution is -0.128. The van der Waals surface area contributed by atoms with Crippen LogP contribution in [0.1, 0.15) is 107 Å². The molecule has 2 saturated heterocycles. The molecule has 2 amide bonds. The van der Waals surface area contributed by atoms with E-state index in [1.165, 1.54) is 17.8 Å². The number of nitrogens with zero attached hydrogens (tertiary/aromatic N) is 7. The molecule has 1 aliphatic carbocycles. The molecule has 11 rings (SSSR count).